The van der Waals surface area contributed by atoms with E-state index in [9.17, 15) is 26.7 Å². The van der Waals surface area contributed by atoms with Gasteiger partial charge in [-0.2, -0.15) is 22.0 Å². The Kier molecular flexibility index (Phi) is 4.49. The van der Waals surface area contributed by atoms with Gasteiger partial charge in [-0.15, -0.1) is 0 Å². The molecule has 0 unspecified atom stereocenters. The maximum Gasteiger partial charge on any atom is 0.419 e. The lowest BCUT2D eigenvalue weighted by Gasteiger charge is -2.16. The van der Waals surface area contributed by atoms with E-state index in [1.165, 1.54) is 0 Å². The fourth-order valence-electron chi connectivity index (χ4n) is 1.66. The first-order chi connectivity index (χ1) is 8.66. The standard InChI is InChI=1S/C12H11F5O2/c1-3-7-4-9(12(15,16)17)10(19-11(13)14)5-8(7)6(2)18/h4-5,11H,3H2,1-2H3. The molecule has 0 N–H and O–H groups in total. The van der Waals surface area contributed by atoms with Gasteiger partial charge in [0.2, 0.25) is 0 Å². The SMILES string of the molecule is CCc1cc(C(F)(F)F)c(OC(F)F)cc1C(C)=O. The Labute approximate surface area is 106 Å². The summed E-state index contributed by atoms with van der Waals surface area (Å²) < 4.78 is 66.3. The van der Waals surface area contributed by atoms with Crippen molar-refractivity contribution in [1.29, 1.82) is 0 Å². The third-order valence-electron chi connectivity index (χ3n) is 2.49. The van der Waals surface area contributed by atoms with Gasteiger partial charge >= 0.3 is 12.8 Å². The van der Waals surface area contributed by atoms with Crippen LogP contribution < -0.4 is 4.74 Å². The first-order valence-electron chi connectivity index (χ1n) is 5.36. The number of alkyl halides is 5. The molecule has 0 saturated carbocycles. The van der Waals surface area contributed by atoms with Gasteiger partial charge in [0.25, 0.3) is 0 Å². The summed E-state index contributed by atoms with van der Waals surface area (Å²) in [6.07, 6.45) is -4.66. The second-order valence-corrected chi connectivity index (χ2v) is 3.79. The lowest BCUT2D eigenvalue weighted by Crippen LogP contribution is -2.14. The van der Waals surface area contributed by atoms with Crippen molar-refractivity contribution >= 4 is 5.78 Å². The van der Waals surface area contributed by atoms with Gasteiger partial charge < -0.3 is 4.74 Å². The maximum absolute atomic E-state index is 12.7. The molecule has 0 atom stereocenters. The number of rotatable bonds is 4. The molecule has 0 bridgehead atoms. The molecule has 0 aliphatic heterocycles. The largest absolute Gasteiger partial charge is 0.434 e. The molecule has 1 aromatic rings. The summed E-state index contributed by atoms with van der Waals surface area (Å²) in [5, 5.41) is 0. The Morgan fingerprint density at radius 2 is 1.89 bits per heavy atom. The number of ether oxygens (including phenoxy) is 1. The monoisotopic (exact) mass is 282 g/mol. The molecule has 0 radical (unpaired) electrons. The first kappa shape index (κ1) is 15.4. The predicted octanol–water partition coefficient (Wildman–Crippen LogP) is 4.07. The number of aryl methyl sites for hydroxylation is 1. The summed E-state index contributed by atoms with van der Waals surface area (Å²) in [5.41, 5.74) is -1.22. The predicted molar refractivity (Wildman–Crippen MR) is 57.5 cm³/mol. The molecule has 0 amide bonds. The highest BCUT2D eigenvalue weighted by Gasteiger charge is 2.36. The zero-order valence-electron chi connectivity index (χ0n) is 10.1. The van der Waals surface area contributed by atoms with Gasteiger partial charge in [0.05, 0.1) is 5.56 Å². The highest BCUT2D eigenvalue weighted by atomic mass is 19.4. The summed E-state index contributed by atoms with van der Waals surface area (Å²) in [6.45, 7) is -0.683. The quantitative estimate of drug-likeness (QED) is 0.614. The summed E-state index contributed by atoms with van der Waals surface area (Å²) in [5.74, 6) is -1.55. The lowest BCUT2D eigenvalue weighted by molar-refractivity contribution is -0.141. The number of Topliss-reactive ketones (excluding diaryl/α,β-unsaturated/α-hetero) is 1. The van der Waals surface area contributed by atoms with E-state index in [1.54, 1.807) is 6.92 Å². The number of halogens is 5. The smallest absolute Gasteiger partial charge is 0.419 e. The van der Waals surface area contributed by atoms with Gasteiger partial charge in [0.15, 0.2) is 5.78 Å². The van der Waals surface area contributed by atoms with E-state index in [1.807, 2.05) is 0 Å². The summed E-state index contributed by atoms with van der Waals surface area (Å²) in [6, 6.07) is 1.39. The zero-order valence-corrected chi connectivity index (χ0v) is 10.1. The average molecular weight is 282 g/mol. The van der Waals surface area contributed by atoms with Gasteiger partial charge in [-0.3, -0.25) is 4.79 Å². The van der Waals surface area contributed by atoms with Crippen molar-refractivity contribution < 1.29 is 31.5 Å². The van der Waals surface area contributed by atoms with E-state index in [0.717, 1.165) is 13.0 Å². The van der Waals surface area contributed by atoms with E-state index in [4.69, 9.17) is 0 Å². The molecule has 0 heterocycles. The molecule has 2 nitrogen and oxygen atoms in total. The zero-order chi connectivity index (χ0) is 14.8. The van der Waals surface area contributed by atoms with Crippen LogP contribution in [0.15, 0.2) is 12.1 Å². The van der Waals surface area contributed by atoms with E-state index >= 15 is 0 Å². The lowest BCUT2D eigenvalue weighted by atomic mass is 9.98. The van der Waals surface area contributed by atoms with Crippen molar-refractivity contribution in [2.75, 3.05) is 0 Å². The molecule has 19 heavy (non-hydrogen) atoms. The van der Waals surface area contributed by atoms with Crippen molar-refractivity contribution in [3.8, 4) is 5.75 Å². The van der Waals surface area contributed by atoms with Gasteiger partial charge in [-0.1, -0.05) is 6.92 Å². The number of hydrogen-bond acceptors (Lipinski definition) is 2. The van der Waals surface area contributed by atoms with Crippen LogP contribution in [0.25, 0.3) is 0 Å². The van der Waals surface area contributed by atoms with Crippen molar-refractivity contribution in [2.24, 2.45) is 0 Å². The summed E-state index contributed by atoms with van der Waals surface area (Å²) >= 11 is 0. The molecule has 7 heteroatoms. The molecular formula is C12H11F5O2. The molecule has 106 valence electrons. The first-order valence-corrected chi connectivity index (χ1v) is 5.36. The van der Waals surface area contributed by atoms with Gasteiger partial charge in [-0.25, -0.2) is 0 Å². The Hall–Kier alpha value is -1.66. The molecular weight excluding hydrogens is 271 g/mol. The second kappa shape index (κ2) is 5.54. The minimum atomic E-state index is -4.83. The molecule has 0 spiro atoms. The molecule has 0 aromatic heterocycles. The molecule has 0 saturated heterocycles. The van der Waals surface area contributed by atoms with Gasteiger partial charge in [0, 0.05) is 5.56 Å². The molecule has 0 aliphatic carbocycles. The van der Waals surface area contributed by atoms with Crippen LogP contribution in [-0.2, 0) is 12.6 Å². The summed E-state index contributed by atoms with van der Waals surface area (Å²) in [7, 11) is 0. The maximum atomic E-state index is 12.7. The number of ketones is 1. The molecule has 0 aliphatic rings. The summed E-state index contributed by atoms with van der Waals surface area (Å²) in [4.78, 5) is 11.3. The highest BCUT2D eigenvalue weighted by Crippen LogP contribution is 2.38. The third kappa shape index (κ3) is 3.65. The third-order valence-corrected chi connectivity index (χ3v) is 2.49. The molecule has 1 rings (SSSR count). The molecule has 1 aromatic carbocycles. The number of benzene rings is 1. The fourth-order valence-corrected chi connectivity index (χ4v) is 1.66. The van der Waals surface area contributed by atoms with Crippen LogP contribution in [0.5, 0.6) is 5.75 Å². The van der Waals surface area contributed by atoms with Crippen LogP contribution in [-0.4, -0.2) is 12.4 Å². The normalized spacial score (nSPS) is 11.8. The van der Waals surface area contributed by atoms with Crippen LogP contribution in [0.2, 0.25) is 0 Å². The van der Waals surface area contributed by atoms with Crippen LogP contribution in [0, 0.1) is 0 Å². The minimum absolute atomic E-state index is 0.0499. The van der Waals surface area contributed by atoms with Crippen LogP contribution in [0.3, 0.4) is 0 Å². The van der Waals surface area contributed by atoms with E-state index in [-0.39, 0.29) is 17.5 Å². The van der Waals surface area contributed by atoms with Crippen LogP contribution in [0.1, 0.15) is 35.3 Å². The number of carbonyl (C=O) groups excluding carboxylic acids is 1. The average Bonchev–Trinajstić information content (AvgIpc) is 2.25. The highest BCUT2D eigenvalue weighted by molar-refractivity contribution is 5.96. The topological polar surface area (TPSA) is 26.3 Å². The number of hydrogen-bond donors (Lipinski definition) is 0. The van der Waals surface area contributed by atoms with Gasteiger partial charge in [0.1, 0.15) is 5.75 Å². The van der Waals surface area contributed by atoms with E-state index in [0.29, 0.717) is 6.07 Å². The second-order valence-electron chi connectivity index (χ2n) is 3.79. The van der Waals surface area contributed by atoms with Crippen LogP contribution >= 0.6 is 0 Å². The Bertz CT molecular complexity index is 480. The fraction of sp³-hybridized carbons (Fsp3) is 0.417. The van der Waals surface area contributed by atoms with Crippen molar-refractivity contribution in [3.05, 3.63) is 28.8 Å². The Morgan fingerprint density at radius 3 is 2.26 bits per heavy atom. The minimum Gasteiger partial charge on any atom is -0.434 e. The molecule has 0 fully saturated rings. The van der Waals surface area contributed by atoms with E-state index in [2.05, 4.69) is 4.74 Å². The van der Waals surface area contributed by atoms with Gasteiger partial charge in [-0.05, 0) is 31.0 Å². The Morgan fingerprint density at radius 1 is 1.32 bits per heavy atom. The Balaban J connectivity index is 3.48. The van der Waals surface area contributed by atoms with Crippen molar-refractivity contribution in [1.82, 2.24) is 0 Å². The van der Waals surface area contributed by atoms with Crippen molar-refractivity contribution in [3.63, 3.8) is 0 Å². The number of carbonyl (C=O) groups is 1. The van der Waals surface area contributed by atoms with Crippen LogP contribution in [0.4, 0.5) is 22.0 Å². The van der Waals surface area contributed by atoms with E-state index < -0.39 is 29.9 Å². The van der Waals surface area contributed by atoms with Crippen molar-refractivity contribution in [2.45, 2.75) is 33.1 Å².